The molecule has 0 bridgehead atoms. The Hall–Kier alpha value is -0.370. The summed E-state index contributed by atoms with van der Waals surface area (Å²) in [5.41, 5.74) is 0. The summed E-state index contributed by atoms with van der Waals surface area (Å²) in [5, 5.41) is 3.05. The molecular formula is C11H21NO. The molecule has 13 heavy (non-hydrogen) atoms. The van der Waals surface area contributed by atoms with Crippen molar-refractivity contribution in [1.29, 1.82) is 0 Å². The first-order valence-corrected chi connectivity index (χ1v) is 5.41. The number of hydrogen-bond donors (Lipinski definition) is 1. The summed E-state index contributed by atoms with van der Waals surface area (Å²) in [6.07, 6.45) is 6.04. The van der Waals surface area contributed by atoms with Gasteiger partial charge in [0.2, 0.25) is 0 Å². The Morgan fingerprint density at radius 1 is 1.46 bits per heavy atom. The van der Waals surface area contributed by atoms with E-state index in [9.17, 15) is 4.79 Å². The van der Waals surface area contributed by atoms with Crippen LogP contribution in [0.4, 0.5) is 0 Å². The summed E-state index contributed by atoms with van der Waals surface area (Å²) in [6.45, 7) is 2.85. The number of hydrogen-bond acceptors (Lipinski definition) is 2. The van der Waals surface area contributed by atoms with E-state index in [0.717, 1.165) is 13.0 Å². The topological polar surface area (TPSA) is 29.1 Å². The molecule has 0 radical (unpaired) electrons. The van der Waals surface area contributed by atoms with Gasteiger partial charge in [-0.1, -0.05) is 32.6 Å². The minimum absolute atomic E-state index is 0.200. The summed E-state index contributed by atoms with van der Waals surface area (Å²) in [5.74, 6) is 1.35. The van der Waals surface area contributed by atoms with Gasteiger partial charge >= 0.3 is 0 Å². The van der Waals surface area contributed by atoms with Crippen molar-refractivity contribution in [1.82, 2.24) is 5.32 Å². The Morgan fingerprint density at radius 2 is 2.08 bits per heavy atom. The maximum absolute atomic E-state index is 11.6. The zero-order valence-corrected chi connectivity index (χ0v) is 8.81. The van der Waals surface area contributed by atoms with Gasteiger partial charge in [-0.2, -0.15) is 0 Å². The molecular weight excluding hydrogens is 162 g/mol. The molecule has 0 aromatic rings. The molecule has 2 nitrogen and oxygen atoms in total. The van der Waals surface area contributed by atoms with Gasteiger partial charge in [0.25, 0.3) is 0 Å². The molecule has 0 spiro atoms. The molecule has 0 saturated heterocycles. The molecule has 1 fully saturated rings. The van der Waals surface area contributed by atoms with E-state index in [4.69, 9.17) is 0 Å². The van der Waals surface area contributed by atoms with Crippen LogP contribution in [0.1, 0.15) is 39.0 Å². The SMILES string of the molecule is CNCC(C)C(=O)CC1CCCC1. The van der Waals surface area contributed by atoms with E-state index in [1.54, 1.807) is 0 Å². The van der Waals surface area contributed by atoms with Gasteiger partial charge in [-0.05, 0) is 13.0 Å². The van der Waals surface area contributed by atoms with E-state index < -0.39 is 0 Å². The lowest BCUT2D eigenvalue weighted by molar-refractivity contribution is -0.123. The lowest BCUT2D eigenvalue weighted by Crippen LogP contribution is -2.24. The van der Waals surface area contributed by atoms with Crippen LogP contribution in [0, 0.1) is 11.8 Å². The smallest absolute Gasteiger partial charge is 0.137 e. The number of carbonyl (C=O) groups excluding carboxylic acids is 1. The number of nitrogens with one attached hydrogen (secondary N) is 1. The Morgan fingerprint density at radius 3 is 2.62 bits per heavy atom. The van der Waals surface area contributed by atoms with Crippen molar-refractivity contribution < 1.29 is 4.79 Å². The average molecular weight is 183 g/mol. The quantitative estimate of drug-likeness (QED) is 0.706. The first kappa shape index (κ1) is 10.7. The molecule has 0 aliphatic heterocycles. The van der Waals surface area contributed by atoms with Crippen LogP contribution >= 0.6 is 0 Å². The van der Waals surface area contributed by atoms with Gasteiger partial charge in [0.1, 0.15) is 5.78 Å². The summed E-state index contributed by atoms with van der Waals surface area (Å²) in [7, 11) is 1.90. The molecule has 1 N–H and O–H groups in total. The van der Waals surface area contributed by atoms with Gasteiger partial charge in [-0.25, -0.2) is 0 Å². The zero-order chi connectivity index (χ0) is 9.68. The lowest BCUT2D eigenvalue weighted by atomic mass is 9.94. The highest BCUT2D eigenvalue weighted by molar-refractivity contribution is 5.81. The first-order chi connectivity index (χ1) is 6.24. The molecule has 76 valence electrons. The molecule has 0 amide bonds. The minimum atomic E-state index is 0.200. The average Bonchev–Trinajstić information content (AvgIpc) is 2.57. The summed E-state index contributed by atoms with van der Waals surface area (Å²) >= 11 is 0. The Labute approximate surface area is 81.1 Å². The summed E-state index contributed by atoms with van der Waals surface area (Å²) < 4.78 is 0. The zero-order valence-electron chi connectivity index (χ0n) is 8.81. The molecule has 1 atom stereocenters. The molecule has 1 saturated carbocycles. The third-order valence-corrected chi connectivity index (χ3v) is 3.02. The molecule has 1 rings (SSSR count). The highest BCUT2D eigenvalue weighted by Gasteiger charge is 2.21. The molecule has 1 aliphatic rings. The van der Waals surface area contributed by atoms with E-state index in [2.05, 4.69) is 5.32 Å². The number of Topliss-reactive ketones (excluding diaryl/α,β-unsaturated/α-hetero) is 1. The van der Waals surface area contributed by atoms with Crippen molar-refractivity contribution in [3.63, 3.8) is 0 Å². The number of ketones is 1. The van der Waals surface area contributed by atoms with Gasteiger partial charge in [-0.3, -0.25) is 4.79 Å². The molecule has 1 unspecified atom stereocenters. The van der Waals surface area contributed by atoms with Gasteiger partial charge in [-0.15, -0.1) is 0 Å². The lowest BCUT2D eigenvalue weighted by Gasteiger charge is -2.12. The first-order valence-electron chi connectivity index (χ1n) is 5.41. The van der Waals surface area contributed by atoms with Gasteiger partial charge < -0.3 is 5.32 Å². The third-order valence-electron chi connectivity index (χ3n) is 3.02. The minimum Gasteiger partial charge on any atom is -0.319 e. The third kappa shape index (κ3) is 3.47. The fraction of sp³-hybridized carbons (Fsp3) is 0.909. The van der Waals surface area contributed by atoms with Gasteiger partial charge in [0.05, 0.1) is 0 Å². The van der Waals surface area contributed by atoms with Crippen LogP contribution in [0.5, 0.6) is 0 Å². The van der Waals surface area contributed by atoms with Crippen LogP contribution < -0.4 is 5.32 Å². The maximum atomic E-state index is 11.6. The molecule has 2 heteroatoms. The molecule has 0 aromatic heterocycles. The predicted octanol–water partition coefficient (Wildman–Crippen LogP) is 1.99. The fourth-order valence-electron chi connectivity index (χ4n) is 2.12. The molecule has 0 heterocycles. The highest BCUT2D eigenvalue weighted by atomic mass is 16.1. The maximum Gasteiger partial charge on any atom is 0.137 e. The van der Waals surface area contributed by atoms with Gasteiger partial charge in [0, 0.05) is 18.9 Å². The summed E-state index contributed by atoms with van der Waals surface area (Å²) in [4.78, 5) is 11.6. The highest BCUT2D eigenvalue weighted by Crippen LogP contribution is 2.28. The van der Waals surface area contributed by atoms with Crippen LogP contribution in [-0.4, -0.2) is 19.4 Å². The van der Waals surface area contributed by atoms with E-state index in [1.807, 2.05) is 14.0 Å². The second-order valence-electron chi connectivity index (χ2n) is 4.28. The molecule has 1 aliphatic carbocycles. The second kappa shape index (κ2) is 5.38. The van der Waals surface area contributed by atoms with E-state index in [0.29, 0.717) is 11.7 Å². The standard InChI is InChI=1S/C11H21NO/c1-9(8-12-2)11(13)7-10-5-3-4-6-10/h9-10,12H,3-8H2,1-2H3. The van der Waals surface area contributed by atoms with Crippen LogP contribution in [0.15, 0.2) is 0 Å². The van der Waals surface area contributed by atoms with E-state index >= 15 is 0 Å². The van der Waals surface area contributed by atoms with Crippen molar-refractivity contribution >= 4 is 5.78 Å². The van der Waals surface area contributed by atoms with Crippen molar-refractivity contribution in [2.75, 3.05) is 13.6 Å². The Balaban J connectivity index is 2.22. The van der Waals surface area contributed by atoms with Crippen LogP contribution in [-0.2, 0) is 4.79 Å². The Bertz CT molecular complexity index is 161. The van der Waals surface area contributed by atoms with Crippen LogP contribution in [0.3, 0.4) is 0 Å². The largest absolute Gasteiger partial charge is 0.319 e. The van der Waals surface area contributed by atoms with E-state index in [-0.39, 0.29) is 5.92 Å². The van der Waals surface area contributed by atoms with E-state index in [1.165, 1.54) is 25.7 Å². The second-order valence-corrected chi connectivity index (χ2v) is 4.28. The van der Waals surface area contributed by atoms with Crippen molar-refractivity contribution in [3.05, 3.63) is 0 Å². The predicted molar refractivity (Wildman–Crippen MR) is 54.7 cm³/mol. The van der Waals surface area contributed by atoms with Crippen molar-refractivity contribution in [2.24, 2.45) is 11.8 Å². The number of rotatable bonds is 5. The Kier molecular flexibility index (Phi) is 4.43. The van der Waals surface area contributed by atoms with Crippen molar-refractivity contribution in [2.45, 2.75) is 39.0 Å². The number of carbonyl (C=O) groups is 1. The van der Waals surface area contributed by atoms with Crippen molar-refractivity contribution in [3.8, 4) is 0 Å². The monoisotopic (exact) mass is 183 g/mol. The molecule has 0 aromatic carbocycles. The van der Waals surface area contributed by atoms with Crippen LogP contribution in [0.25, 0.3) is 0 Å². The fourth-order valence-corrected chi connectivity index (χ4v) is 2.12. The van der Waals surface area contributed by atoms with Gasteiger partial charge in [0.15, 0.2) is 0 Å². The van der Waals surface area contributed by atoms with Crippen LogP contribution in [0.2, 0.25) is 0 Å². The normalized spacial score (nSPS) is 20.5. The summed E-state index contributed by atoms with van der Waals surface area (Å²) in [6, 6.07) is 0.